The second kappa shape index (κ2) is 5.05. The van der Waals surface area contributed by atoms with Crippen molar-refractivity contribution in [2.45, 2.75) is 24.5 Å². The highest BCUT2D eigenvalue weighted by molar-refractivity contribution is 8.07. The molecular formula is C10H12N5O6PS. The average Bonchev–Trinajstić information content (AvgIpc) is 2.97. The summed E-state index contributed by atoms with van der Waals surface area (Å²) in [5, 5.41) is 10.4. The summed E-state index contributed by atoms with van der Waals surface area (Å²) in [5.41, 5.74) is 5.56. The third-order valence-corrected chi connectivity index (χ3v) is 5.32. The third-order valence-electron chi connectivity index (χ3n) is 3.76. The molecule has 0 amide bonds. The van der Waals surface area contributed by atoms with Gasteiger partial charge >= 0.3 is 12.4 Å². The van der Waals surface area contributed by atoms with E-state index in [0.29, 0.717) is 0 Å². The Morgan fingerprint density at radius 2 is 2.30 bits per heavy atom. The number of ether oxygens (including phenoxy) is 1. The maximum atomic E-state index is 12.2. The molecule has 1 unspecified atom stereocenters. The van der Waals surface area contributed by atoms with Crippen molar-refractivity contribution >= 4 is 35.5 Å². The molecule has 2 fully saturated rings. The van der Waals surface area contributed by atoms with Crippen molar-refractivity contribution in [2.75, 3.05) is 12.3 Å². The smallest absolute Gasteiger partial charge is 0.330 e. The van der Waals surface area contributed by atoms with Gasteiger partial charge in [-0.05, 0) is 11.8 Å². The molecule has 2 aliphatic rings. The summed E-state index contributed by atoms with van der Waals surface area (Å²) < 4.78 is 17.0. The minimum Gasteiger partial charge on any atom is -0.386 e. The number of aliphatic hydroxyl groups excluding tert-OH is 1. The zero-order valence-corrected chi connectivity index (χ0v) is 13.1. The van der Waals surface area contributed by atoms with E-state index in [1.807, 2.05) is 0 Å². The fourth-order valence-electron chi connectivity index (χ4n) is 2.74. The Bertz CT molecular complexity index is 884. The van der Waals surface area contributed by atoms with Crippen LogP contribution in [0.4, 0.5) is 5.82 Å². The molecule has 5 N–H and O–H groups in total. The van der Waals surface area contributed by atoms with E-state index in [9.17, 15) is 14.8 Å². The molecule has 4 heterocycles. The maximum absolute atomic E-state index is 12.2. The summed E-state index contributed by atoms with van der Waals surface area (Å²) in [5.74, 6) is 0.0983. The molecule has 13 heteroatoms. The lowest BCUT2D eigenvalue weighted by Crippen LogP contribution is -2.39. The van der Waals surface area contributed by atoms with Crippen molar-refractivity contribution < 1.29 is 23.8 Å². The van der Waals surface area contributed by atoms with E-state index in [-0.39, 0.29) is 23.6 Å². The van der Waals surface area contributed by atoms with Gasteiger partial charge in [0.25, 0.3) is 0 Å². The van der Waals surface area contributed by atoms with Crippen LogP contribution in [0.1, 0.15) is 6.23 Å². The molecule has 0 saturated carbocycles. The molecule has 5 atom stereocenters. The van der Waals surface area contributed by atoms with Gasteiger partial charge in [-0.1, -0.05) is 0 Å². The lowest BCUT2D eigenvalue weighted by atomic mass is 10.1. The number of aliphatic hydroxyl groups is 1. The molecule has 2 saturated heterocycles. The molecule has 0 aliphatic carbocycles. The van der Waals surface area contributed by atoms with Crippen LogP contribution in [0.25, 0.3) is 11.2 Å². The number of nitrogens with one attached hydrogen (secondary N) is 1. The van der Waals surface area contributed by atoms with Crippen LogP contribution in [-0.2, 0) is 25.6 Å². The predicted molar refractivity (Wildman–Crippen MR) is 79.8 cm³/mol. The summed E-state index contributed by atoms with van der Waals surface area (Å²) in [4.78, 5) is 32.3. The molecule has 23 heavy (non-hydrogen) atoms. The van der Waals surface area contributed by atoms with Gasteiger partial charge in [-0.15, -0.1) is 0 Å². The van der Waals surface area contributed by atoms with Crippen LogP contribution in [-0.4, -0.2) is 54.4 Å². The van der Waals surface area contributed by atoms with Gasteiger partial charge in [0.1, 0.15) is 30.2 Å². The highest BCUT2D eigenvalue weighted by Gasteiger charge is 2.51. The van der Waals surface area contributed by atoms with Gasteiger partial charge in [0.15, 0.2) is 17.7 Å². The van der Waals surface area contributed by atoms with Crippen LogP contribution >= 0.6 is 6.72 Å². The highest BCUT2D eigenvalue weighted by Crippen LogP contribution is 2.52. The number of nitrogens with zero attached hydrogens (tertiary/aromatic N) is 3. The van der Waals surface area contributed by atoms with E-state index in [1.165, 1.54) is 6.33 Å². The predicted octanol–water partition coefficient (Wildman–Crippen LogP) is -1.41. The van der Waals surface area contributed by atoms with Gasteiger partial charge in [-0.2, -0.15) is 0 Å². The monoisotopic (exact) mass is 361 g/mol. The molecule has 2 aliphatic heterocycles. The van der Waals surface area contributed by atoms with E-state index in [2.05, 4.69) is 15.0 Å². The van der Waals surface area contributed by atoms with Crippen LogP contribution < -0.4 is 11.4 Å². The SMILES string of the molecule is Nc1ncnc2c1[nH]c(=O)n2[C@@H]1O[C@@H]2COP(O)(=S)O[C@H]2[C@H]1O. The molecule has 124 valence electrons. The Morgan fingerprint density at radius 1 is 1.52 bits per heavy atom. The van der Waals surface area contributed by atoms with Gasteiger partial charge in [-0.25, -0.2) is 19.3 Å². The summed E-state index contributed by atoms with van der Waals surface area (Å²) in [6.45, 7) is -3.45. The molecule has 0 aromatic carbocycles. The third kappa shape index (κ3) is 2.31. The van der Waals surface area contributed by atoms with Crippen molar-refractivity contribution in [3.05, 3.63) is 16.8 Å². The highest BCUT2D eigenvalue weighted by atomic mass is 32.5. The molecule has 11 nitrogen and oxygen atoms in total. The number of H-pyrrole nitrogens is 1. The minimum absolute atomic E-state index is 0.0414. The van der Waals surface area contributed by atoms with Crippen molar-refractivity contribution in [3.8, 4) is 0 Å². The van der Waals surface area contributed by atoms with Gasteiger partial charge in [0, 0.05) is 0 Å². The molecular weight excluding hydrogens is 349 g/mol. The standard InChI is InChI=1S/C10H12N5O6PS/c11-7-4-8(13-2-12-7)15(10(17)14-4)9-5(16)6-3(20-9)1-19-22(18,23)21-6/h2-3,5-6,9,16H,1H2,(H,14,17)(H,18,23)(H2,11,12,13)/t3-,5-,6-,9-,22?/m1/s1. The van der Waals surface area contributed by atoms with Gasteiger partial charge in [0.2, 0.25) is 0 Å². The van der Waals surface area contributed by atoms with E-state index in [0.717, 1.165) is 4.57 Å². The number of anilines is 1. The van der Waals surface area contributed by atoms with Crippen LogP contribution in [0.3, 0.4) is 0 Å². The Labute approximate surface area is 133 Å². The first-order chi connectivity index (χ1) is 10.9. The fraction of sp³-hybridized carbons (Fsp3) is 0.500. The number of rotatable bonds is 1. The molecule has 0 bridgehead atoms. The molecule has 2 aromatic heterocycles. The number of imidazole rings is 1. The zero-order valence-electron chi connectivity index (χ0n) is 11.4. The number of hydrogen-bond donors (Lipinski definition) is 4. The van der Waals surface area contributed by atoms with Crippen LogP contribution in [0.15, 0.2) is 11.1 Å². The van der Waals surface area contributed by atoms with Crippen molar-refractivity contribution in [1.82, 2.24) is 19.5 Å². The maximum Gasteiger partial charge on any atom is 0.330 e. The molecule has 0 radical (unpaired) electrons. The van der Waals surface area contributed by atoms with Gasteiger partial charge in [0.05, 0.1) is 6.61 Å². The zero-order chi connectivity index (χ0) is 16.4. The van der Waals surface area contributed by atoms with Crippen LogP contribution in [0, 0.1) is 0 Å². The van der Waals surface area contributed by atoms with Crippen LogP contribution in [0.2, 0.25) is 0 Å². The fourth-order valence-corrected chi connectivity index (χ4v) is 4.19. The first-order valence-corrected chi connectivity index (χ1v) is 9.16. The Balaban J connectivity index is 1.78. The average molecular weight is 361 g/mol. The quantitative estimate of drug-likeness (QED) is 0.445. The van der Waals surface area contributed by atoms with Gasteiger partial charge < -0.3 is 30.0 Å². The largest absolute Gasteiger partial charge is 0.386 e. The van der Waals surface area contributed by atoms with Crippen molar-refractivity contribution in [3.63, 3.8) is 0 Å². The lowest BCUT2D eigenvalue weighted by molar-refractivity contribution is -0.0602. The van der Waals surface area contributed by atoms with E-state index < -0.39 is 36.9 Å². The molecule has 2 aromatic rings. The number of aromatic nitrogens is 4. The summed E-state index contributed by atoms with van der Waals surface area (Å²) in [6, 6.07) is 0. The first kappa shape index (κ1) is 15.1. The topological polar surface area (TPSA) is 158 Å². The normalized spacial score (nSPS) is 37.1. The second-order valence-corrected chi connectivity index (χ2v) is 7.94. The number of hydrogen-bond acceptors (Lipinski definition) is 9. The molecule has 0 spiro atoms. The Kier molecular flexibility index (Phi) is 3.32. The number of fused-ring (bicyclic) bond motifs is 2. The van der Waals surface area contributed by atoms with E-state index >= 15 is 0 Å². The summed E-state index contributed by atoms with van der Waals surface area (Å²) in [7, 11) is 0. The van der Waals surface area contributed by atoms with E-state index in [1.54, 1.807) is 0 Å². The number of nitrogen functional groups attached to an aromatic ring is 1. The van der Waals surface area contributed by atoms with Crippen molar-refractivity contribution in [2.24, 2.45) is 0 Å². The number of aromatic amines is 1. The summed E-state index contributed by atoms with van der Waals surface area (Å²) in [6.07, 6.45) is -2.71. The van der Waals surface area contributed by atoms with E-state index in [4.69, 9.17) is 31.3 Å². The van der Waals surface area contributed by atoms with Gasteiger partial charge in [-0.3, -0.25) is 4.52 Å². The Morgan fingerprint density at radius 3 is 3.09 bits per heavy atom. The van der Waals surface area contributed by atoms with Crippen molar-refractivity contribution in [1.29, 1.82) is 0 Å². The van der Waals surface area contributed by atoms with Crippen LogP contribution in [0.5, 0.6) is 0 Å². The Hall–Kier alpha value is -1.40. The summed E-state index contributed by atoms with van der Waals surface area (Å²) >= 11 is 4.77. The second-order valence-electron chi connectivity index (χ2n) is 5.15. The minimum atomic E-state index is -3.41. The first-order valence-electron chi connectivity index (χ1n) is 6.57. The molecule has 4 rings (SSSR count). The number of nitrogens with two attached hydrogens (primary N) is 1. The lowest BCUT2D eigenvalue weighted by Gasteiger charge is -2.30.